The molecule has 0 radical (unpaired) electrons. The Morgan fingerprint density at radius 2 is 1.50 bits per heavy atom. The van der Waals surface area contributed by atoms with Gasteiger partial charge >= 0.3 is 12.2 Å². The molecule has 0 fully saturated rings. The van der Waals surface area contributed by atoms with Crippen molar-refractivity contribution in [2.45, 2.75) is 19.8 Å². The predicted molar refractivity (Wildman–Crippen MR) is 132 cm³/mol. The van der Waals surface area contributed by atoms with E-state index >= 15 is 0 Å². The molecule has 0 spiro atoms. The van der Waals surface area contributed by atoms with Gasteiger partial charge in [0.2, 0.25) is 0 Å². The molecule has 0 atom stereocenters. The lowest BCUT2D eigenvalue weighted by Crippen LogP contribution is -2.31. The first-order valence-electron chi connectivity index (χ1n) is 10.6. The summed E-state index contributed by atoms with van der Waals surface area (Å²) < 4.78 is 10.8. The van der Waals surface area contributed by atoms with Gasteiger partial charge in [0.1, 0.15) is 13.2 Å². The van der Waals surface area contributed by atoms with E-state index in [9.17, 15) is 9.59 Å². The SMILES string of the molecule is O=C(Nc1ccc(N(Cc2ccccc2)C(=O)OCc2ccccc2)cc1)OCc1cncs1. The van der Waals surface area contributed by atoms with Gasteiger partial charge in [0.05, 0.1) is 16.9 Å². The zero-order valence-electron chi connectivity index (χ0n) is 18.3. The van der Waals surface area contributed by atoms with Crippen molar-refractivity contribution in [3.8, 4) is 0 Å². The predicted octanol–water partition coefficient (Wildman–Crippen LogP) is 6.24. The van der Waals surface area contributed by atoms with Crippen LogP contribution < -0.4 is 10.2 Å². The van der Waals surface area contributed by atoms with Crippen LogP contribution in [0.4, 0.5) is 21.0 Å². The summed E-state index contributed by atoms with van der Waals surface area (Å²) in [6.45, 7) is 0.682. The second-order valence-corrected chi connectivity index (χ2v) is 8.30. The Balaban J connectivity index is 1.42. The lowest BCUT2D eigenvalue weighted by molar-refractivity contribution is 0.146. The van der Waals surface area contributed by atoms with Gasteiger partial charge in [-0.1, -0.05) is 60.7 Å². The van der Waals surface area contributed by atoms with Crippen molar-refractivity contribution in [1.29, 1.82) is 0 Å². The highest BCUT2D eigenvalue weighted by Crippen LogP contribution is 2.22. The molecule has 0 saturated carbocycles. The Hall–Kier alpha value is -4.17. The number of rotatable bonds is 8. The maximum absolute atomic E-state index is 13.0. The molecule has 0 saturated heterocycles. The van der Waals surface area contributed by atoms with E-state index in [2.05, 4.69) is 10.3 Å². The van der Waals surface area contributed by atoms with Crippen LogP contribution in [0.2, 0.25) is 0 Å². The van der Waals surface area contributed by atoms with Crippen LogP contribution in [0.5, 0.6) is 0 Å². The third kappa shape index (κ3) is 6.66. The van der Waals surface area contributed by atoms with Crippen LogP contribution in [-0.4, -0.2) is 17.2 Å². The van der Waals surface area contributed by atoms with Crippen LogP contribution in [0.15, 0.2) is 96.6 Å². The second-order valence-electron chi connectivity index (χ2n) is 7.33. The number of nitrogens with one attached hydrogen (secondary N) is 1. The largest absolute Gasteiger partial charge is 0.444 e. The van der Waals surface area contributed by atoms with Gasteiger partial charge in [-0.15, -0.1) is 11.3 Å². The average molecular weight is 474 g/mol. The molecule has 34 heavy (non-hydrogen) atoms. The van der Waals surface area contributed by atoms with Gasteiger partial charge < -0.3 is 9.47 Å². The van der Waals surface area contributed by atoms with Crippen molar-refractivity contribution in [3.63, 3.8) is 0 Å². The number of hydrogen-bond acceptors (Lipinski definition) is 6. The first-order chi connectivity index (χ1) is 16.7. The highest BCUT2D eigenvalue weighted by Gasteiger charge is 2.18. The molecule has 1 aromatic heterocycles. The Kier molecular flexibility index (Phi) is 7.86. The third-order valence-electron chi connectivity index (χ3n) is 4.86. The number of hydrogen-bond donors (Lipinski definition) is 1. The first-order valence-corrected chi connectivity index (χ1v) is 11.5. The summed E-state index contributed by atoms with van der Waals surface area (Å²) in [5.41, 5.74) is 4.75. The highest BCUT2D eigenvalue weighted by atomic mass is 32.1. The van der Waals surface area contributed by atoms with E-state index in [1.165, 1.54) is 11.3 Å². The molecular weight excluding hydrogens is 450 g/mol. The maximum Gasteiger partial charge on any atom is 0.414 e. The van der Waals surface area contributed by atoms with E-state index in [0.29, 0.717) is 17.9 Å². The number of ether oxygens (including phenoxy) is 2. The molecule has 8 heteroatoms. The number of benzene rings is 3. The molecule has 0 aliphatic heterocycles. The monoisotopic (exact) mass is 473 g/mol. The lowest BCUT2D eigenvalue weighted by Gasteiger charge is -2.23. The summed E-state index contributed by atoms with van der Waals surface area (Å²) in [6.07, 6.45) is 0.632. The van der Waals surface area contributed by atoms with Gasteiger partial charge in [-0.2, -0.15) is 0 Å². The molecule has 1 N–H and O–H groups in total. The topological polar surface area (TPSA) is 80.8 Å². The summed E-state index contributed by atoms with van der Waals surface area (Å²) in [4.78, 5) is 31.4. The average Bonchev–Trinajstić information content (AvgIpc) is 3.40. The van der Waals surface area contributed by atoms with Crippen LogP contribution in [0.1, 0.15) is 16.0 Å². The van der Waals surface area contributed by atoms with Crippen molar-refractivity contribution in [2.75, 3.05) is 10.2 Å². The molecule has 7 nitrogen and oxygen atoms in total. The zero-order valence-corrected chi connectivity index (χ0v) is 19.1. The summed E-state index contributed by atoms with van der Waals surface area (Å²) in [5.74, 6) is 0. The Bertz CT molecular complexity index is 1180. The van der Waals surface area contributed by atoms with E-state index in [-0.39, 0.29) is 13.2 Å². The molecule has 0 bridgehead atoms. The van der Waals surface area contributed by atoms with Crippen molar-refractivity contribution in [1.82, 2.24) is 4.98 Å². The summed E-state index contributed by atoms with van der Waals surface area (Å²) in [6, 6.07) is 26.1. The number of aromatic nitrogens is 1. The van der Waals surface area contributed by atoms with E-state index in [0.717, 1.165) is 16.0 Å². The number of carbonyl (C=O) groups excluding carboxylic acids is 2. The van der Waals surface area contributed by atoms with Gasteiger partial charge in [-0.05, 0) is 35.4 Å². The standard InChI is InChI=1S/C26H23N3O4S/c30-25(32-18-24-15-27-19-34-24)28-22-11-13-23(14-12-22)29(16-20-7-3-1-4-8-20)26(31)33-17-21-9-5-2-6-10-21/h1-15,19H,16-18H2,(H,28,30). The zero-order chi connectivity index (χ0) is 23.6. The number of anilines is 2. The molecule has 0 aliphatic carbocycles. The normalized spacial score (nSPS) is 10.4. The fourth-order valence-corrected chi connectivity index (χ4v) is 3.66. The van der Waals surface area contributed by atoms with Crippen LogP contribution in [0.3, 0.4) is 0 Å². The minimum absolute atomic E-state index is 0.159. The summed E-state index contributed by atoms with van der Waals surface area (Å²) >= 11 is 1.42. The van der Waals surface area contributed by atoms with Gasteiger partial charge in [-0.25, -0.2) is 9.59 Å². The molecule has 2 amide bonds. The second kappa shape index (κ2) is 11.6. The molecule has 1 heterocycles. The van der Waals surface area contributed by atoms with Crippen LogP contribution in [0, 0.1) is 0 Å². The number of nitrogens with zero attached hydrogens (tertiary/aromatic N) is 2. The Morgan fingerprint density at radius 3 is 2.15 bits per heavy atom. The number of amides is 2. The molecule has 3 aromatic carbocycles. The van der Waals surface area contributed by atoms with Crippen molar-refractivity contribution < 1.29 is 19.1 Å². The molecule has 4 rings (SSSR count). The maximum atomic E-state index is 13.0. The van der Waals surface area contributed by atoms with Gasteiger partial charge in [0, 0.05) is 17.6 Å². The van der Waals surface area contributed by atoms with Gasteiger partial charge in [0.15, 0.2) is 0 Å². The van der Waals surface area contributed by atoms with Crippen molar-refractivity contribution >= 4 is 34.9 Å². The van der Waals surface area contributed by atoms with E-state index < -0.39 is 12.2 Å². The smallest absolute Gasteiger partial charge is 0.414 e. The molecule has 0 aliphatic rings. The molecule has 172 valence electrons. The van der Waals surface area contributed by atoms with E-state index in [1.54, 1.807) is 40.9 Å². The van der Waals surface area contributed by atoms with E-state index in [4.69, 9.17) is 9.47 Å². The van der Waals surface area contributed by atoms with Gasteiger partial charge in [0.25, 0.3) is 0 Å². The molecular formula is C26H23N3O4S. The summed E-state index contributed by atoms with van der Waals surface area (Å²) in [5, 5.41) is 2.68. The third-order valence-corrected chi connectivity index (χ3v) is 5.62. The number of thiazole rings is 1. The number of carbonyl (C=O) groups is 2. The Morgan fingerprint density at radius 1 is 0.824 bits per heavy atom. The van der Waals surface area contributed by atoms with Crippen LogP contribution in [-0.2, 0) is 29.2 Å². The quantitative estimate of drug-likeness (QED) is 0.328. The molecule has 0 unspecified atom stereocenters. The molecule has 4 aromatic rings. The van der Waals surface area contributed by atoms with Crippen molar-refractivity contribution in [3.05, 3.63) is 113 Å². The van der Waals surface area contributed by atoms with Crippen LogP contribution in [0.25, 0.3) is 0 Å². The first kappa shape index (κ1) is 23.0. The summed E-state index contributed by atoms with van der Waals surface area (Å²) in [7, 11) is 0. The lowest BCUT2D eigenvalue weighted by atomic mass is 10.2. The minimum atomic E-state index is -0.565. The fraction of sp³-hybridized carbons (Fsp3) is 0.115. The van der Waals surface area contributed by atoms with Gasteiger partial charge in [-0.3, -0.25) is 15.2 Å². The van der Waals surface area contributed by atoms with Crippen LogP contribution >= 0.6 is 11.3 Å². The van der Waals surface area contributed by atoms with Crippen molar-refractivity contribution in [2.24, 2.45) is 0 Å². The minimum Gasteiger partial charge on any atom is -0.444 e. The fourth-order valence-electron chi connectivity index (χ4n) is 3.15. The van der Waals surface area contributed by atoms with E-state index in [1.807, 2.05) is 60.7 Å². The Labute approximate surface area is 201 Å². The highest BCUT2D eigenvalue weighted by molar-refractivity contribution is 7.09.